The molecular weight excluding hydrogens is 194 g/mol. The van der Waals surface area contributed by atoms with Gasteiger partial charge in [-0.1, -0.05) is 6.92 Å². The Balaban J connectivity index is 4.14. The Hall–Kier alpha value is -1.65. The van der Waals surface area contributed by atoms with Gasteiger partial charge in [0.05, 0.1) is 6.54 Å². The van der Waals surface area contributed by atoms with Gasteiger partial charge in [-0.15, -0.1) is 0 Å². The molecule has 0 aromatic carbocycles. The summed E-state index contributed by atoms with van der Waals surface area (Å²) < 4.78 is 0. The minimum atomic E-state index is -0.203. The molecule has 0 aliphatic heterocycles. The summed E-state index contributed by atoms with van der Waals surface area (Å²) in [6.45, 7) is 5.18. The molecule has 1 amide bonds. The van der Waals surface area contributed by atoms with Crippen LogP contribution in [0.4, 0.5) is 0 Å². The number of hydrogen-bond acceptors (Lipinski definition) is 4. The monoisotopic (exact) mass is 211 g/mol. The first kappa shape index (κ1) is 13.4. The molecule has 0 spiro atoms. The maximum Gasteiger partial charge on any atom is 0.223 e. The molecule has 0 bridgehead atoms. The topological polar surface area (TPSA) is 70.6 Å². The fourth-order valence-corrected chi connectivity index (χ4v) is 1.07. The summed E-state index contributed by atoms with van der Waals surface area (Å²) in [5.41, 5.74) is 0.832. The number of hydrogen-bond donors (Lipinski definition) is 2. The molecule has 1 atom stereocenters. The number of carbonyl (C=O) groups is 2. The number of nitrogens with zero attached hydrogens (tertiary/aromatic N) is 1. The average molecular weight is 211 g/mol. The third-order valence-corrected chi connectivity index (χ3v) is 1.90. The predicted molar refractivity (Wildman–Crippen MR) is 59.5 cm³/mol. The summed E-state index contributed by atoms with van der Waals surface area (Å²) in [5, 5.41) is 5.42. The Morgan fingerprint density at radius 2 is 2.27 bits per heavy atom. The van der Waals surface area contributed by atoms with Gasteiger partial charge in [-0.3, -0.25) is 9.79 Å². The third kappa shape index (κ3) is 5.61. The summed E-state index contributed by atoms with van der Waals surface area (Å²) in [5.74, 6) is -0.349. The number of amides is 1. The normalized spacial score (nSPS) is 12.8. The van der Waals surface area contributed by atoms with Crippen LogP contribution in [-0.2, 0) is 9.59 Å². The lowest BCUT2D eigenvalue weighted by molar-refractivity contribution is -0.125. The number of rotatable bonds is 7. The van der Waals surface area contributed by atoms with Gasteiger partial charge >= 0.3 is 0 Å². The van der Waals surface area contributed by atoms with Crippen molar-refractivity contribution in [2.45, 2.75) is 13.3 Å². The fraction of sp³-hybridized carbons (Fsp3) is 0.500. The third-order valence-electron chi connectivity index (χ3n) is 1.90. The highest BCUT2D eigenvalue weighted by Gasteiger charge is 2.13. The molecule has 0 aromatic rings. The number of carbonyl (C=O) groups excluding carboxylic acids is 2. The number of nitrogens with one attached hydrogen (secondary N) is 2. The number of aldehydes is 1. The second kappa shape index (κ2) is 7.73. The summed E-state index contributed by atoms with van der Waals surface area (Å²) in [7, 11) is 1.76. The van der Waals surface area contributed by atoms with E-state index < -0.39 is 0 Å². The van der Waals surface area contributed by atoms with Crippen molar-refractivity contribution in [3.05, 3.63) is 11.9 Å². The molecule has 5 heteroatoms. The molecule has 0 heterocycles. The van der Waals surface area contributed by atoms with E-state index in [2.05, 4.69) is 22.3 Å². The summed E-state index contributed by atoms with van der Waals surface area (Å²) in [4.78, 5) is 25.1. The minimum absolute atomic E-state index is 0.0570. The molecule has 1 unspecified atom stereocenters. The van der Waals surface area contributed by atoms with E-state index in [1.165, 1.54) is 0 Å². The van der Waals surface area contributed by atoms with Crippen LogP contribution in [0.3, 0.4) is 0 Å². The first-order valence-electron chi connectivity index (χ1n) is 4.69. The van der Waals surface area contributed by atoms with Gasteiger partial charge in [0.1, 0.15) is 6.29 Å². The highest BCUT2D eigenvalue weighted by Crippen LogP contribution is 2.08. The van der Waals surface area contributed by atoms with Crippen molar-refractivity contribution in [1.29, 1.82) is 0 Å². The van der Waals surface area contributed by atoms with Gasteiger partial charge in [0.2, 0.25) is 5.91 Å². The Bertz CT molecular complexity index is 261. The second-order valence-corrected chi connectivity index (χ2v) is 3.10. The maximum atomic E-state index is 11.4. The Labute approximate surface area is 89.7 Å². The standard InChI is InChI=1S/C10H17N3O2/c1-8(10(15)13-4-5-14)6-9(12-3)7-11-2/h5,7-8,12H,2,4,6H2,1,3H3,(H,13,15)/b9-7-. The second-order valence-electron chi connectivity index (χ2n) is 3.10. The van der Waals surface area contributed by atoms with Crippen LogP contribution in [0.25, 0.3) is 0 Å². The van der Waals surface area contributed by atoms with E-state index in [0.29, 0.717) is 12.7 Å². The van der Waals surface area contributed by atoms with Gasteiger partial charge < -0.3 is 15.4 Å². The van der Waals surface area contributed by atoms with E-state index in [-0.39, 0.29) is 18.4 Å². The fourth-order valence-electron chi connectivity index (χ4n) is 1.07. The van der Waals surface area contributed by atoms with E-state index in [1.54, 1.807) is 20.2 Å². The van der Waals surface area contributed by atoms with Crippen LogP contribution in [0.1, 0.15) is 13.3 Å². The van der Waals surface area contributed by atoms with E-state index in [1.807, 2.05) is 0 Å². The summed E-state index contributed by atoms with van der Waals surface area (Å²) in [6.07, 6.45) is 2.77. The molecule has 0 saturated heterocycles. The molecule has 0 radical (unpaired) electrons. The quantitative estimate of drug-likeness (QED) is 0.463. The zero-order valence-corrected chi connectivity index (χ0v) is 9.12. The van der Waals surface area contributed by atoms with Crippen LogP contribution >= 0.6 is 0 Å². The molecule has 0 saturated carbocycles. The lowest BCUT2D eigenvalue weighted by Crippen LogP contribution is -2.31. The van der Waals surface area contributed by atoms with Crippen LogP contribution in [0.5, 0.6) is 0 Å². The van der Waals surface area contributed by atoms with Gasteiger partial charge in [-0.2, -0.15) is 0 Å². The zero-order chi connectivity index (χ0) is 11.7. The van der Waals surface area contributed by atoms with Gasteiger partial charge in [0.15, 0.2) is 0 Å². The Kier molecular flexibility index (Phi) is 6.88. The van der Waals surface area contributed by atoms with Gasteiger partial charge in [0, 0.05) is 24.9 Å². The predicted octanol–water partition coefficient (Wildman–Crippen LogP) is 0.0891. The highest BCUT2D eigenvalue weighted by molar-refractivity contribution is 5.80. The number of aliphatic imine (C=N–C) groups is 1. The van der Waals surface area contributed by atoms with Crippen molar-refractivity contribution < 1.29 is 9.59 Å². The minimum Gasteiger partial charge on any atom is -0.390 e. The van der Waals surface area contributed by atoms with E-state index in [0.717, 1.165) is 5.70 Å². The average Bonchev–Trinajstić information content (AvgIpc) is 2.24. The Morgan fingerprint density at radius 1 is 1.60 bits per heavy atom. The molecule has 5 nitrogen and oxygen atoms in total. The zero-order valence-electron chi connectivity index (χ0n) is 9.12. The molecular formula is C10H17N3O2. The van der Waals surface area contributed by atoms with Crippen molar-refractivity contribution in [2.75, 3.05) is 13.6 Å². The molecule has 0 rings (SSSR count). The number of allylic oxidation sites excluding steroid dienone is 1. The van der Waals surface area contributed by atoms with Gasteiger partial charge in [0.25, 0.3) is 0 Å². The molecule has 15 heavy (non-hydrogen) atoms. The van der Waals surface area contributed by atoms with Crippen molar-refractivity contribution in [3.8, 4) is 0 Å². The van der Waals surface area contributed by atoms with Gasteiger partial charge in [-0.05, 0) is 13.1 Å². The molecule has 0 aromatic heterocycles. The molecule has 0 aliphatic rings. The maximum absolute atomic E-state index is 11.4. The van der Waals surface area contributed by atoms with Crippen molar-refractivity contribution >= 4 is 18.9 Å². The molecule has 0 aliphatic carbocycles. The lowest BCUT2D eigenvalue weighted by atomic mass is 10.1. The Morgan fingerprint density at radius 3 is 2.73 bits per heavy atom. The van der Waals surface area contributed by atoms with Crippen LogP contribution in [0.15, 0.2) is 16.9 Å². The van der Waals surface area contributed by atoms with Crippen molar-refractivity contribution in [1.82, 2.24) is 10.6 Å². The lowest BCUT2D eigenvalue weighted by Gasteiger charge is -2.12. The van der Waals surface area contributed by atoms with E-state index >= 15 is 0 Å². The first-order valence-corrected chi connectivity index (χ1v) is 4.69. The smallest absolute Gasteiger partial charge is 0.223 e. The van der Waals surface area contributed by atoms with Crippen molar-refractivity contribution in [3.63, 3.8) is 0 Å². The molecule has 0 fully saturated rings. The van der Waals surface area contributed by atoms with Gasteiger partial charge in [-0.25, -0.2) is 0 Å². The van der Waals surface area contributed by atoms with E-state index in [9.17, 15) is 9.59 Å². The SMILES string of the molecule is C=N/C=C(/CC(C)C(=O)NCC=O)NC. The van der Waals surface area contributed by atoms with Crippen LogP contribution in [0.2, 0.25) is 0 Å². The first-order chi connectivity index (χ1) is 7.15. The van der Waals surface area contributed by atoms with Crippen LogP contribution < -0.4 is 10.6 Å². The van der Waals surface area contributed by atoms with Crippen LogP contribution in [-0.4, -0.2) is 32.5 Å². The molecule has 2 N–H and O–H groups in total. The summed E-state index contributed by atoms with van der Waals surface area (Å²) in [6, 6.07) is 0. The highest BCUT2D eigenvalue weighted by atomic mass is 16.2. The molecule has 84 valence electrons. The van der Waals surface area contributed by atoms with E-state index in [4.69, 9.17) is 0 Å². The van der Waals surface area contributed by atoms with Crippen LogP contribution in [0, 0.1) is 5.92 Å². The summed E-state index contributed by atoms with van der Waals surface area (Å²) >= 11 is 0. The largest absolute Gasteiger partial charge is 0.390 e. The van der Waals surface area contributed by atoms with Crippen molar-refractivity contribution in [2.24, 2.45) is 10.9 Å².